The average Bonchev–Trinajstić information content (AvgIpc) is 3.51. The topological polar surface area (TPSA) is 55.1 Å². The number of rotatable bonds is 5. The molecule has 1 aromatic carbocycles. The molecular formula is C22H25F3N2OS. The fraction of sp³-hybridized carbons (Fsp3) is 0.591. The fourth-order valence-corrected chi connectivity index (χ4v) is 6.25. The molecule has 1 unspecified atom stereocenters. The molecule has 156 valence electrons. The number of fused-ring (bicyclic) bond motifs is 1. The lowest BCUT2D eigenvalue weighted by Crippen LogP contribution is -2.53. The zero-order valence-electron chi connectivity index (χ0n) is 16.1. The van der Waals surface area contributed by atoms with Crippen molar-refractivity contribution in [1.82, 2.24) is 5.32 Å². The molecule has 0 aliphatic heterocycles. The van der Waals surface area contributed by atoms with Crippen molar-refractivity contribution < 1.29 is 18.0 Å². The normalized spacial score (nSPS) is 23.9. The van der Waals surface area contributed by atoms with Gasteiger partial charge in [-0.05, 0) is 61.5 Å². The summed E-state index contributed by atoms with van der Waals surface area (Å²) >= 11 is 1.18. The van der Waals surface area contributed by atoms with E-state index in [1.54, 1.807) is 24.3 Å². The van der Waals surface area contributed by atoms with Gasteiger partial charge < -0.3 is 11.1 Å². The number of thiophene rings is 1. The van der Waals surface area contributed by atoms with Crippen molar-refractivity contribution in [2.24, 2.45) is 11.7 Å². The molecular weight excluding hydrogens is 397 g/mol. The zero-order valence-corrected chi connectivity index (χ0v) is 17.0. The molecule has 3 nitrogen and oxygen atoms in total. The van der Waals surface area contributed by atoms with Crippen molar-refractivity contribution in [1.29, 1.82) is 0 Å². The van der Waals surface area contributed by atoms with Gasteiger partial charge in [0.1, 0.15) is 0 Å². The van der Waals surface area contributed by atoms with Crippen LogP contribution in [0.15, 0.2) is 24.3 Å². The molecule has 0 radical (unpaired) electrons. The number of carbonyl (C=O) groups excluding carboxylic acids is 1. The second-order valence-electron chi connectivity index (χ2n) is 9.14. The molecule has 3 aliphatic rings. The highest BCUT2D eigenvalue weighted by molar-refractivity contribution is 7.21. The van der Waals surface area contributed by atoms with Crippen molar-refractivity contribution in [3.8, 4) is 0 Å². The van der Waals surface area contributed by atoms with Crippen molar-refractivity contribution in [3.05, 3.63) is 34.7 Å². The minimum atomic E-state index is -4.26. The summed E-state index contributed by atoms with van der Waals surface area (Å²) in [5.41, 5.74) is 4.73. The SMILES string of the molecule is NC1(C(NC(=O)c2cc3cccc(C4(C(F)(F)F)CC4)c3s2)C2CCCC2)CC1. The van der Waals surface area contributed by atoms with Crippen LogP contribution in [0.2, 0.25) is 0 Å². The van der Waals surface area contributed by atoms with E-state index in [9.17, 15) is 18.0 Å². The summed E-state index contributed by atoms with van der Waals surface area (Å²) in [6.45, 7) is 0. The van der Waals surface area contributed by atoms with E-state index in [0.717, 1.165) is 25.7 Å². The van der Waals surface area contributed by atoms with Gasteiger partial charge in [0.25, 0.3) is 5.91 Å². The maximum atomic E-state index is 13.7. The Morgan fingerprint density at radius 2 is 1.86 bits per heavy atom. The third-order valence-corrected chi connectivity index (χ3v) is 8.36. The molecule has 3 N–H and O–H groups in total. The first kappa shape index (κ1) is 19.4. The Hall–Kier alpha value is -1.60. The van der Waals surface area contributed by atoms with Crippen LogP contribution in [0.1, 0.15) is 66.6 Å². The van der Waals surface area contributed by atoms with Crippen LogP contribution < -0.4 is 11.1 Å². The molecule has 3 aliphatic carbocycles. The Labute approximate surface area is 171 Å². The van der Waals surface area contributed by atoms with Gasteiger partial charge in [-0.3, -0.25) is 4.79 Å². The van der Waals surface area contributed by atoms with Crippen LogP contribution in [-0.4, -0.2) is 23.7 Å². The van der Waals surface area contributed by atoms with Crippen LogP contribution in [0.3, 0.4) is 0 Å². The molecule has 2 aromatic rings. The van der Waals surface area contributed by atoms with E-state index in [-0.39, 0.29) is 30.3 Å². The third kappa shape index (κ3) is 3.17. The van der Waals surface area contributed by atoms with Gasteiger partial charge in [0, 0.05) is 16.3 Å². The van der Waals surface area contributed by atoms with E-state index >= 15 is 0 Å². The van der Waals surface area contributed by atoms with Gasteiger partial charge in [-0.2, -0.15) is 13.2 Å². The maximum absolute atomic E-state index is 13.7. The molecule has 0 saturated heterocycles. The number of amides is 1. The summed E-state index contributed by atoms with van der Waals surface area (Å²) in [6, 6.07) is 6.71. The van der Waals surface area contributed by atoms with E-state index in [1.165, 1.54) is 24.2 Å². The number of halogens is 3. The van der Waals surface area contributed by atoms with Crippen LogP contribution in [0, 0.1) is 5.92 Å². The standard InChI is InChI=1S/C22H25F3N2OS/c23-22(24,25)20(8-9-20)15-7-3-6-14-12-16(29-17(14)15)19(28)27-18(21(26)10-11-21)13-4-1-2-5-13/h3,6-7,12-13,18H,1-2,4-5,8-11,26H2,(H,27,28). The predicted octanol–water partition coefficient (Wildman–Crippen LogP) is 5.28. The number of hydrogen-bond acceptors (Lipinski definition) is 3. The summed E-state index contributed by atoms with van der Waals surface area (Å²) < 4.78 is 41.6. The quantitative estimate of drug-likeness (QED) is 0.689. The van der Waals surface area contributed by atoms with Gasteiger partial charge in [0.15, 0.2) is 0 Å². The first-order valence-corrected chi connectivity index (χ1v) is 11.2. The second kappa shape index (κ2) is 6.45. The van der Waals surface area contributed by atoms with Crippen LogP contribution in [0.5, 0.6) is 0 Å². The highest BCUT2D eigenvalue weighted by Crippen LogP contribution is 2.60. The van der Waals surface area contributed by atoms with E-state index < -0.39 is 11.6 Å². The maximum Gasteiger partial charge on any atom is 0.398 e. The van der Waals surface area contributed by atoms with Gasteiger partial charge in [-0.15, -0.1) is 11.3 Å². The minimum Gasteiger partial charge on any atom is -0.346 e. The molecule has 1 amide bonds. The monoisotopic (exact) mass is 422 g/mol. The minimum absolute atomic E-state index is 0.0490. The van der Waals surface area contributed by atoms with Crippen LogP contribution >= 0.6 is 11.3 Å². The molecule has 1 atom stereocenters. The van der Waals surface area contributed by atoms with Gasteiger partial charge in [0.05, 0.1) is 10.3 Å². The summed E-state index contributed by atoms with van der Waals surface area (Å²) in [4.78, 5) is 13.5. The predicted molar refractivity (Wildman–Crippen MR) is 108 cm³/mol. The van der Waals surface area contributed by atoms with E-state index in [2.05, 4.69) is 5.32 Å². The molecule has 29 heavy (non-hydrogen) atoms. The molecule has 3 saturated carbocycles. The molecule has 1 aromatic heterocycles. The smallest absolute Gasteiger partial charge is 0.346 e. The Bertz CT molecular complexity index is 953. The van der Waals surface area contributed by atoms with E-state index in [1.807, 2.05) is 0 Å². The lowest BCUT2D eigenvalue weighted by Gasteiger charge is -2.30. The summed E-state index contributed by atoms with van der Waals surface area (Å²) in [6.07, 6.45) is 2.29. The van der Waals surface area contributed by atoms with Crippen LogP contribution in [-0.2, 0) is 5.41 Å². The molecule has 7 heteroatoms. The Kier molecular flexibility index (Phi) is 4.31. The Balaban J connectivity index is 1.45. The lowest BCUT2D eigenvalue weighted by molar-refractivity contribution is -0.160. The summed E-state index contributed by atoms with van der Waals surface area (Å²) in [7, 11) is 0. The van der Waals surface area contributed by atoms with Gasteiger partial charge in [-0.1, -0.05) is 31.0 Å². The Morgan fingerprint density at radius 1 is 1.17 bits per heavy atom. The first-order chi connectivity index (χ1) is 13.7. The second-order valence-corrected chi connectivity index (χ2v) is 10.2. The Morgan fingerprint density at radius 3 is 2.45 bits per heavy atom. The highest BCUT2D eigenvalue weighted by Gasteiger charge is 2.64. The first-order valence-electron chi connectivity index (χ1n) is 10.4. The molecule has 5 rings (SSSR count). The van der Waals surface area contributed by atoms with Crippen LogP contribution in [0.25, 0.3) is 10.1 Å². The highest BCUT2D eigenvalue weighted by atomic mass is 32.1. The van der Waals surface area contributed by atoms with Crippen molar-refractivity contribution >= 4 is 27.3 Å². The fourth-order valence-electron chi connectivity index (χ4n) is 5.07. The largest absolute Gasteiger partial charge is 0.398 e. The number of hydrogen-bond donors (Lipinski definition) is 2. The van der Waals surface area contributed by atoms with Crippen molar-refractivity contribution in [3.63, 3.8) is 0 Å². The number of benzene rings is 1. The van der Waals surface area contributed by atoms with E-state index in [0.29, 0.717) is 26.4 Å². The number of nitrogens with two attached hydrogens (primary N) is 1. The van der Waals surface area contributed by atoms with Crippen LogP contribution in [0.4, 0.5) is 13.2 Å². The molecule has 3 fully saturated rings. The van der Waals surface area contributed by atoms with Gasteiger partial charge >= 0.3 is 6.18 Å². The van der Waals surface area contributed by atoms with Crippen molar-refractivity contribution in [2.75, 3.05) is 0 Å². The third-order valence-electron chi connectivity index (χ3n) is 7.18. The number of nitrogens with one attached hydrogen (secondary N) is 1. The molecule has 0 bridgehead atoms. The number of carbonyl (C=O) groups is 1. The number of alkyl halides is 3. The summed E-state index contributed by atoms with van der Waals surface area (Å²) in [5.74, 6) is 0.194. The van der Waals surface area contributed by atoms with Crippen molar-refractivity contribution in [2.45, 2.75) is 74.5 Å². The summed E-state index contributed by atoms with van der Waals surface area (Å²) in [5, 5.41) is 3.87. The lowest BCUT2D eigenvalue weighted by atomic mass is 9.90. The van der Waals surface area contributed by atoms with Gasteiger partial charge in [-0.25, -0.2) is 0 Å². The average molecular weight is 423 g/mol. The molecule has 1 heterocycles. The zero-order chi connectivity index (χ0) is 20.4. The van der Waals surface area contributed by atoms with E-state index in [4.69, 9.17) is 5.73 Å². The van der Waals surface area contributed by atoms with Gasteiger partial charge in [0.2, 0.25) is 0 Å². The molecule has 0 spiro atoms.